The van der Waals surface area contributed by atoms with Crippen LogP contribution in [0.5, 0.6) is 0 Å². The Morgan fingerprint density at radius 2 is 1.46 bits per heavy atom. The highest BCUT2D eigenvalue weighted by atomic mass is 19.4. The highest BCUT2D eigenvalue weighted by molar-refractivity contribution is 6.12. The van der Waals surface area contributed by atoms with Crippen LogP contribution in [0.4, 0.5) is 57.4 Å². The molecule has 0 aromatic heterocycles. The average Bonchev–Trinajstić information content (AvgIpc) is 2.85. The number of hydrogen-bond donors (Lipinski definition) is 0. The number of amides is 4. The minimum Gasteiger partial charge on any atom is -0.295 e. The second kappa shape index (κ2) is 9.19. The van der Waals surface area contributed by atoms with Gasteiger partial charge in [-0.1, -0.05) is 12.1 Å². The van der Waals surface area contributed by atoms with Crippen molar-refractivity contribution in [3.8, 4) is 0 Å². The number of nitro groups is 1. The molecular formula is C22H19F7N4O4. The maximum absolute atomic E-state index is 14.8. The third-order valence-electron chi connectivity index (χ3n) is 5.90. The van der Waals surface area contributed by atoms with Gasteiger partial charge in [0.25, 0.3) is 5.69 Å². The Morgan fingerprint density at radius 1 is 0.865 bits per heavy atom. The Labute approximate surface area is 205 Å². The molecule has 4 amide bonds. The van der Waals surface area contributed by atoms with Crippen molar-refractivity contribution >= 4 is 29.1 Å². The fraction of sp³-hybridized carbons (Fsp3) is 0.364. The van der Waals surface area contributed by atoms with Crippen molar-refractivity contribution < 1.29 is 45.2 Å². The first-order valence-electron chi connectivity index (χ1n) is 10.5. The molecule has 1 aliphatic heterocycles. The van der Waals surface area contributed by atoms with Crippen LogP contribution in [0, 0.1) is 17.0 Å². The molecule has 0 fully saturated rings. The van der Waals surface area contributed by atoms with Gasteiger partial charge in [0.1, 0.15) is 0 Å². The van der Waals surface area contributed by atoms with Gasteiger partial charge in [-0.25, -0.2) is 18.9 Å². The molecule has 200 valence electrons. The van der Waals surface area contributed by atoms with Crippen LogP contribution in [0.15, 0.2) is 36.4 Å². The summed E-state index contributed by atoms with van der Waals surface area (Å²) in [4.78, 5) is 38.8. The highest BCUT2D eigenvalue weighted by Crippen LogP contribution is 2.54. The number of aryl methyl sites for hydroxylation is 1. The quantitative estimate of drug-likeness (QED) is 0.258. The van der Waals surface area contributed by atoms with Gasteiger partial charge in [0.2, 0.25) is 0 Å². The fourth-order valence-electron chi connectivity index (χ4n) is 3.97. The third kappa shape index (κ3) is 4.53. The summed E-state index contributed by atoms with van der Waals surface area (Å²) in [6, 6.07) is 2.79. The van der Waals surface area contributed by atoms with Crippen LogP contribution >= 0.6 is 0 Å². The lowest BCUT2D eigenvalue weighted by atomic mass is 9.93. The van der Waals surface area contributed by atoms with E-state index in [0.29, 0.717) is 11.0 Å². The predicted molar refractivity (Wildman–Crippen MR) is 117 cm³/mol. The van der Waals surface area contributed by atoms with Gasteiger partial charge in [-0.2, -0.15) is 26.3 Å². The molecule has 0 N–H and O–H groups in total. The Kier molecular flexibility index (Phi) is 6.88. The number of anilines is 2. The molecule has 15 heteroatoms. The molecule has 3 rings (SSSR count). The molecule has 1 aliphatic rings. The lowest BCUT2D eigenvalue weighted by molar-refractivity contribution is -0.385. The summed E-state index contributed by atoms with van der Waals surface area (Å²) in [6.07, 6.45) is -12.8. The number of carbonyl (C=O) groups is 2. The normalized spacial score (nSPS) is 15.1. The molecule has 37 heavy (non-hydrogen) atoms. The van der Waals surface area contributed by atoms with Gasteiger partial charge in [0, 0.05) is 30.8 Å². The summed E-state index contributed by atoms with van der Waals surface area (Å²) in [6.45, 7) is 2.08. The topological polar surface area (TPSA) is 87.0 Å². The van der Waals surface area contributed by atoms with Crippen LogP contribution < -0.4 is 9.80 Å². The molecule has 2 aromatic carbocycles. The maximum atomic E-state index is 14.8. The Hall–Kier alpha value is -3.91. The van der Waals surface area contributed by atoms with E-state index in [9.17, 15) is 50.4 Å². The number of fused-ring (bicyclic) bond motifs is 1. The molecule has 0 saturated heterocycles. The van der Waals surface area contributed by atoms with Gasteiger partial charge in [-0.3, -0.25) is 19.9 Å². The number of urea groups is 2. The number of hydrogen-bond acceptors (Lipinski definition) is 4. The Bertz CT molecular complexity index is 1250. The molecule has 0 bridgehead atoms. The standard InChI is InChI=1S/C22H19F7N4O4/c1-4-31-18(34)30(3)16-8-6-14(20(23,21(24,25)26)22(27,28)29)10-17(16)32(19(31)35)11-13-5-7-15(33(36)37)12(2)9-13/h5-10H,4,11H2,1-3H3. The van der Waals surface area contributed by atoms with Crippen LogP contribution in [0.25, 0.3) is 0 Å². The van der Waals surface area contributed by atoms with E-state index in [4.69, 9.17) is 0 Å². The van der Waals surface area contributed by atoms with Crippen molar-refractivity contribution in [2.75, 3.05) is 23.4 Å². The first kappa shape index (κ1) is 27.7. The number of rotatable bonds is 5. The van der Waals surface area contributed by atoms with E-state index in [-0.39, 0.29) is 41.2 Å². The van der Waals surface area contributed by atoms with Crippen molar-refractivity contribution in [3.05, 3.63) is 63.2 Å². The van der Waals surface area contributed by atoms with Gasteiger partial charge in [-0.05, 0) is 37.6 Å². The van der Waals surface area contributed by atoms with E-state index in [0.717, 1.165) is 22.9 Å². The molecule has 1 heterocycles. The summed E-state index contributed by atoms with van der Waals surface area (Å²) >= 11 is 0. The fourth-order valence-corrected chi connectivity index (χ4v) is 3.97. The van der Waals surface area contributed by atoms with Crippen molar-refractivity contribution in [3.63, 3.8) is 0 Å². The van der Waals surface area contributed by atoms with E-state index in [1.807, 2.05) is 0 Å². The van der Waals surface area contributed by atoms with Crippen molar-refractivity contribution in [1.29, 1.82) is 0 Å². The van der Waals surface area contributed by atoms with E-state index in [1.54, 1.807) is 0 Å². The zero-order valence-corrected chi connectivity index (χ0v) is 19.4. The lowest BCUT2D eigenvalue weighted by Gasteiger charge is -2.32. The SMILES string of the molecule is CCN1C(=O)N(C)c2ccc(C(F)(C(F)(F)F)C(F)(F)F)cc2N(Cc2ccc([N+](=O)[O-])c(C)c2)C1=O. The van der Waals surface area contributed by atoms with Gasteiger partial charge in [0.15, 0.2) is 0 Å². The summed E-state index contributed by atoms with van der Waals surface area (Å²) in [7, 11) is 1.15. The minimum absolute atomic E-state index is 0.163. The Balaban J connectivity index is 2.27. The molecule has 0 atom stereocenters. The largest absolute Gasteiger partial charge is 0.435 e. The van der Waals surface area contributed by atoms with Crippen LogP contribution in [-0.2, 0) is 12.2 Å². The number of halogens is 7. The van der Waals surface area contributed by atoms with E-state index in [2.05, 4.69) is 0 Å². The van der Waals surface area contributed by atoms with Gasteiger partial charge < -0.3 is 0 Å². The zero-order valence-electron chi connectivity index (χ0n) is 19.4. The van der Waals surface area contributed by atoms with Gasteiger partial charge in [-0.15, -0.1) is 0 Å². The van der Waals surface area contributed by atoms with Crippen LogP contribution in [0.2, 0.25) is 0 Å². The molecule has 0 radical (unpaired) electrons. The first-order valence-corrected chi connectivity index (χ1v) is 10.5. The summed E-state index contributed by atoms with van der Waals surface area (Å²) in [5.41, 5.74) is -8.36. The Morgan fingerprint density at radius 3 is 1.95 bits per heavy atom. The van der Waals surface area contributed by atoms with E-state index < -0.39 is 52.8 Å². The molecule has 0 aliphatic carbocycles. The highest BCUT2D eigenvalue weighted by Gasteiger charge is 2.73. The number of benzene rings is 2. The maximum Gasteiger partial charge on any atom is 0.435 e. The van der Waals surface area contributed by atoms with Crippen molar-refractivity contribution in [2.45, 2.75) is 38.4 Å². The molecule has 0 spiro atoms. The van der Waals surface area contributed by atoms with Crippen molar-refractivity contribution in [1.82, 2.24) is 4.90 Å². The molecule has 0 unspecified atom stereocenters. The van der Waals surface area contributed by atoms with Gasteiger partial charge >= 0.3 is 30.1 Å². The van der Waals surface area contributed by atoms with E-state index in [1.165, 1.54) is 26.0 Å². The number of carbonyl (C=O) groups excluding carboxylic acids is 2. The number of alkyl halides is 7. The van der Waals surface area contributed by atoms with Crippen LogP contribution in [-0.4, -0.2) is 47.8 Å². The third-order valence-corrected chi connectivity index (χ3v) is 5.90. The van der Waals surface area contributed by atoms with E-state index >= 15 is 0 Å². The van der Waals surface area contributed by atoms with Gasteiger partial charge in [0.05, 0.1) is 22.8 Å². The second-order valence-corrected chi connectivity index (χ2v) is 8.19. The second-order valence-electron chi connectivity index (χ2n) is 8.19. The summed E-state index contributed by atoms with van der Waals surface area (Å²) < 4.78 is 95.4. The predicted octanol–water partition coefficient (Wildman–Crippen LogP) is 6.21. The molecule has 2 aromatic rings. The smallest absolute Gasteiger partial charge is 0.295 e. The average molecular weight is 536 g/mol. The zero-order chi connectivity index (χ0) is 28.1. The number of imide groups is 1. The summed E-state index contributed by atoms with van der Waals surface area (Å²) in [5, 5.41) is 11.1. The molecule has 0 saturated carbocycles. The minimum atomic E-state index is -6.40. The van der Waals surface area contributed by atoms with Crippen molar-refractivity contribution in [2.24, 2.45) is 0 Å². The molecule has 8 nitrogen and oxygen atoms in total. The number of nitrogens with zero attached hydrogens (tertiary/aromatic N) is 4. The lowest BCUT2D eigenvalue weighted by Crippen LogP contribution is -2.50. The monoisotopic (exact) mass is 536 g/mol. The first-order chi connectivity index (χ1) is 17.0. The summed E-state index contributed by atoms with van der Waals surface area (Å²) in [5.74, 6) is 0. The van der Waals surface area contributed by atoms with Crippen LogP contribution in [0.1, 0.15) is 23.6 Å². The van der Waals surface area contributed by atoms with Crippen LogP contribution in [0.3, 0.4) is 0 Å². The molecular weight excluding hydrogens is 517 g/mol. The number of nitro benzene ring substituents is 1.